The van der Waals surface area contributed by atoms with Crippen LogP contribution in [0.15, 0.2) is 55.0 Å². The van der Waals surface area contributed by atoms with Gasteiger partial charge in [0.25, 0.3) is 0 Å². The second-order valence-electron chi connectivity index (χ2n) is 13.5. The van der Waals surface area contributed by atoms with E-state index in [-0.39, 0.29) is 24.0 Å². The maximum Gasteiger partial charge on any atom is 0.241 e. The fourth-order valence-electron chi connectivity index (χ4n) is 7.16. The maximum atomic E-state index is 13.2. The molecule has 47 heavy (non-hydrogen) atoms. The molecule has 1 aliphatic carbocycles. The van der Waals surface area contributed by atoms with E-state index >= 15 is 0 Å². The molecule has 0 N–H and O–H groups in total. The van der Waals surface area contributed by atoms with Crippen LogP contribution < -0.4 is 14.4 Å². The molecule has 246 valence electrons. The van der Waals surface area contributed by atoms with Crippen molar-refractivity contribution in [3.63, 3.8) is 0 Å². The number of aromatic nitrogens is 4. The minimum atomic E-state index is -0.221. The first kappa shape index (κ1) is 30.1. The Morgan fingerprint density at radius 1 is 0.936 bits per heavy atom. The molecule has 8 rings (SSSR count). The number of nitrogens with zero attached hydrogens (tertiary/aromatic N) is 7. The minimum absolute atomic E-state index is 0.0367. The molecule has 11 heteroatoms. The molecule has 6 heterocycles. The number of pyridine rings is 2. The van der Waals surface area contributed by atoms with E-state index in [1.54, 1.807) is 7.11 Å². The number of ether oxygens (including phenoxy) is 3. The van der Waals surface area contributed by atoms with E-state index in [0.717, 1.165) is 91.7 Å². The lowest BCUT2D eigenvalue weighted by Crippen LogP contribution is -2.56. The van der Waals surface area contributed by atoms with Crippen molar-refractivity contribution in [1.29, 1.82) is 0 Å². The van der Waals surface area contributed by atoms with Crippen molar-refractivity contribution < 1.29 is 19.0 Å². The van der Waals surface area contributed by atoms with Crippen LogP contribution in [0.2, 0.25) is 0 Å². The van der Waals surface area contributed by atoms with Gasteiger partial charge in [0.2, 0.25) is 11.8 Å². The number of hydrogen-bond acceptors (Lipinski definition) is 9. The molecule has 3 saturated heterocycles. The first-order chi connectivity index (χ1) is 22.9. The normalized spacial score (nSPS) is 22.0. The summed E-state index contributed by atoms with van der Waals surface area (Å²) >= 11 is 0. The average Bonchev–Trinajstić information content (AvgIpc) is 3.71. The molecule has 4 aromatic rings. The summed E-state index contributed by atoms with van der Waals surface area (Å²) in [4.78, 5) is 34.8. The Balaban J connectivity index is 1.00. The van der Waals surface area contributed by atoms with Crippen LogP contribution in [0.5, 0.6) is 11.6 Å². The van der Waals surface area contributed by atoms with Crippen LogP contribution in [-0.4, -0.2) is 100 Å². The van der Waals surface area contributed by atoms with E-state index in [1.807, 2.05) is 47.8 Å². The van der Waals surface area contributed by atoms with Gasteiger partial charge in [0.1, 0.15) is 17.4 Å². The van der Waals surface area contributed by atoms with E-state index in [2.05, 4.69) is 40.3 Å². The molecule has 0 bridgehead atoms. The van der Waals surface area contributed by atoms with Gasteiger partial charge < -0.3 is 28.6 Å². The molecule has 0 radical (unpaired) electrons. The Bertz CT molecular complexity index is 1730. The molecular formula is C36H43N7O4. The molecule has 0 spiro atoms. The van der Waals surface area contributed by atoms with Crippen LogP contribution in [0.3, 0.4) is 0 Å². The van der Waals surface area contributed by atoms with Crippen molar-refractivity contribution in [3.8, 4) is 23.0 Å². The fourth-order valence-corrected chi connectivity index (χ4v) is 7.16. The number of imidazole rings is 1. The zero-order chi connectivity index (χ0) is 32.1. The average molecular weight is 638 g/mol. The van der Waals surface area contributed by atoms with Gasteiger partial charge in [-0.2, -0.15) is 0 Å². The van der Waals surface area contributed by atoms with Crippen LogP contribution in [0, 0.1) is 5.92 Å². The number of carbonyl (C=O) groups is 1. The topological polar surface area (TPSA) is 98.1 Å². The highest BCUT2D eigenvalue weighted by Gasteiger charge is 2.38. The van der Waals surface area contributed by atoms with E-state index in [9.17, 15) is 4.79 Å². The molecular weight excluding hydrogens is 594 g/mol. The highest BCUT2D eigenvalue weighted by Crippen LogP contribution is 2.41. The molecule has 4 fully saturated rings. The second kappa shape index (κ2) is 12.4. The second-order valence-corrected chi connectivity index (χ2v) is 13.5. The summed E-state index contributed by atoms with van der Waals surface area (Å²) < 4.78 is 19.6. The zero-order valence-corrected chi connectivity index (χ0v) is 27.4. The lowest BCUT2D eigenvalue weighted by atomic mass is 10.0. The van der Waals surface area contributed by atoms with Crippen molar-refractivity contribution in [2.24, 2.45) is 5.92 Å². The molecule has 1 saturated carbocycles. The highest BCUT2D eigenvalue weighted by molar-refractivity contribution is 5.84. The quantitative estimate of drug-likeness (QED) is 0.244. The zero-order valence-electron chi connectivity index (χ0n) is 27.4. The van der Waals surface area contributed by atoms with Gasteiger partial charge in [-0.3, -0.25) is 14.7 Å². The first-order valence-electron chi connectivity index (χ1n) is 17.0. The van der Waals surface area contributed by atoms with Crippen LogP contribution in [0.25, 0.3) is 22.4 Å². The third-order valence-electron chi connectivity index (χ3n) is 10.5. The van der Waals surface area contributed by atoms with Crippen molar-refractivity contribution in [2.75, 3.05) is 57.9 Å². The number of anilines is 1. The van der Waals surface area contributed by atoms with Gasteiger partial charge in [0.15, 0.2) is 0 Å². The number of carbonyl (C=O) groups excluding carboxylic acids is 1. The van der Waals surface area contributed by atoms with Crippen LogP contribution in [-0.2, 0) is 9.53 Å². The molecule has 1 unspecified atom stereocenters. The van der Waals surface area contributed by atoms with Gasteiger partial charge in [-0.25, -0.2) is 9.97 Å². The molecule has 1 amide bonds. The minimum Gasteiger partial charge on any atom is -0.497 e. The van der Waals surface area contributed by atoms with Crippen molar-refractivity contribution in [3.05, 3.63) is 60.6 Å². The standard InChI is InChI=1S/C36H43N7O4/c1-23(25-4-9-30(45-3)10-5-25)42-19-26(16-34(42)44)24(2)47-36-35-33(38-22-43(35)27-6-7-27)17-32(39-36)31-11-8-28(18-37-31)40-12-14-41(15-13-40)29-20-46-21-29/h4-5,8-11,17-18,22-24,26-27,29H,6-7,12-16,19-21H2,1-3H3/t23-,24-,26?/m1/s1. The smallest absolute Gasteiger partial charge is 0.241 e. The summed E-state index contributed by atoms with van der Waals surface area (Å²) in [7, 11) is 1.66. The molecule has 11 nitrogen and oxygen atoms in total. The number of benzene rings is 1. The summed E-state index contributed by atoms with van der Waals surface area (Å²) in [6.45, 7) is 10.5. The van der Waals surface area contributed by atoms with E-state index < -0.39 is 0 Å². The van der Waals surface area contributed by atoms with E-state index in [4.69, 9.17) is 29.2 Å². The Morgan fingerprint density at radius 2 is 1.72 bits per heavy atom. The Labute approximate surface area is 275 Å². The monoisotopic (exact) mass is 637 g/mol. The third kappa shape index (κ3) is 5.91. The lowest BCUT2D eigenvalue weighted by molar-refractivity contribution is -0.129. The number of rotatable bonds is 10. The van der Waals surface area contributed by atoms with Gasteiger partial charge in [-0.05, 0) is 62.6 Å². The van der Waals surface area contributed by atoms with Crippen LogP contribution >= 0.6 is 0 Å². The molecule has 1 aromatic carbocycles. The molecule has 4 aliphatic rings. The predicted octanol–water partition coefficient (Wildman–Crippen LogP) is 4.73. The summed E-state index contributed by atoms with van der Waals surface area (Å²) in [5, 5.41) is 0. The SMILES string of the molecule is COc1ccc([C@@H](C)N2CC([C@@H](C)Oc3nc(-c4ccc(N5CCN(C6COC6)CC5)cn4)cc4ncn(C5CC5)c34)CC2=O)cc1. The Morgan fingerprint density at radius 3 is 2.38 bits per heavy atom. The van der Waals surface area contributed by atoms with E-state index in [0.29, 0.717) is 30.9 Å². The van der Waals surface area contributed by atoms with Crippen LogP contribution in [0.4, 0.5) is 5.69 Å². The summed E-state index contributed by atoms with van der Waals surface area (Å²) in [6, 6.07) is 15.1. The molecule has 3 aromatic heterocycles. The van der Waals surface area contributed by atoms with Gasteiger partial charge in [-0.1, -0.05) is 12.1 Å². The van der Waals surface area contributed by atoms with Gasteiger partial charge in [0.05, 0.1) is 67.5 Å². The predicted molar refractivity (Wildman–Crippen MR) is 179 cm³/mol. The third-order valence-corrected chi connectivity index (χ3v) is 10.5. The van der Waals surface area contributed by atoms with Crippen molar-refractivity contribution in [2.45, 2.75) is 57.3 Å². The van der Waals surface area contributed by atoms with E-state index in [1.165, 1.54) is 0 Å². The fraction of sp³-hybridized carbons (Fsp3) is 0.500. The van der Waals surface area contributed by atoms with Crippen molar-refractivity contribution >= 4 is 22.6 Å². The summed E-state index contributed by atoms with van der Waals surface area (Å²) in [5.41, 5.74) is 5.50. The number of piperazine rings is 1. The van der Waals surface area contributed by atoms with Crippen molar-refractivity contribution in [1.82, 2.24) is 29.3 Å². The number of likely N-dealkylation sites (tertiary alicyclic amines) is 1. The Kier molecular flexibility index (Phi) is 7.97. The summed E-state index contributed by atoms with van der Waals surface area (Å²) in [6.07, 6.45) is 6.35. The first-order valence-corrected chi connectivity index (χ1v) is 17.0. The van der Waals surface area contributed by atoms with Gasteiger partial charge in [0, 0.05) is 51.1 Å². The van der Waals surface area contributed by atoms with Gasteiger partial charge in [-0.15, -0.1) is 0 Å². The number of fused-ring (bicyclic) bond motifs is 1. The maximum absolute atomic E-state index is 13.2. The van der Waals surface area contributed by atoms with Gasteiger partial charge >= 0.3 is 0 Å². The van der Waals surface area contributed by atoms with Crippen LogP contribution in [0.1, 0.15) is 50.8 Å². The lowest BCUT2D eigenvalue weighted by Gasteiger charge is -2.43. The Hall–Kier alpha value is -4.22. The molecule has 3 atom stereocenters. The summed E-state index contributed by atoms with van der Waals surface area (Å²) in [5.74, 6) is 1.55. The number of amides is 1. The largest absolute Gasteiger partial charge is 0.497 e. The molecule has 3 aliphatic heterocycles. The highest BCUT2D eigenvalue weighted by atomic mass is 16.5. The number of methoxy groups -OCH3 is 1. The number of hydrogen-bond donors (Lipinski definition) is 0.